The minimum Gasteiger partial charge on any atom is -0.472 e. The molecule has 1 fully saturated rings. The predicted molar refractivity (Wildman–Crippen MR) is 54.7 cm³/mol. The van der Waals surface area contributed by atoms with Gasteiger partial charge in [-0.05, 0) is 18.6 Å². The molecular formula is C11H15NO3. The number of aliphatic hydroxyl groups is 1. The van der Waals surface area contributed by atoms with Crippen molar-refractivity contribution in [3.8, 4) is 5.88 Å². The molecule has 4 nitrogen and oxygen atoms in total. The Labute approximate surface area is 88.9 Å². The summed E-state index contributed by atoms with van der Waals surface area (Å²) in [5.41, 5.74) is 1.69. The highest BCUT2D eigenvalue weighted by molar-refractivity contribution is 5.24. The molecule has 1 aromatic heterocycles. The van der Waals surface area contributed by atoms with Gasteiger partial charge in [0.05, 0.1) is 19.8 Å². The Kier molecular flexibility index (Phi) is 3.18. The second kappa shape index (κ2) is 4.59. The Bertz CT molecular complexity index is 335. The normalized spacial score (nSPS) is 20.5. The standard InChI is InChI=1S/C11H15NO3/c1-8-4-9(6-13)5-11(12-8)15-10-2-3-14-7-10/h4-5,10,13H,2-3,6-7H2,1H3. The van der Waals surface area contributed by atoms with E-state index in [2.05, 4.69) is 4.98 Å². The van der Waals surface area contributed by atoms with Gasteiger partial charge in [-0.3, -0.25) is 0 Å². The lowest BCUT2D eigenvalue weighted by Crippen LogP contribution is -2.16. The molecule has 1 aliphatic rings. The van der Waals surface area contributed by atoms with Crippen molar-refractivity contribution in [1.29, 1.82) is 0 Å². The molecule has 4 heteroatoms. The van der Waals surface area contributed by atoms with Crippen LogP contribution in [0.1, 0.15) is 17.7 Å². The van der Waals surface area contributed by atoms with Gasteiger partial charge < -0.3 is 14.6 Å². The van der Waals surface area contributed by atoms with Crippen LogP contribution in [0, 0.1) is 6.92 Å². The fraction of sp³-hybridized carbons (Fsp3) is 0.545. The summed E-state index contributed by atoms with van der Waals surface area (Å²) in [6.45, 7) is 3.28. The number of hydrogen-bond donors (Lipinski definition) is 1. The van der Waals surface area contributed by atoms with E-state index >= 15 is 0 Å². The van der Waals surface area contributed by atoms with Crippen molar-refractivity contribution in [2.75, 3.05) is 13.2 Å². The molecule has 0 amide bonds. The molecule has 1 N–H and O–H groups in total. The Morgan fingerprint density at radius 1 is 1.60 bits per heavy atom. The van der Waals surface area contributed by atoms with E-state index in [1.165, 1.54) is 0 Å². The summed E-state index contributed by atoms with van der Waals surface area (Å²) in [5.74, 6) is 0.578. The van der Waals surface area contributed by atoms with Crippen molar-refractivity contribution in [2.24, 2.45) is 0 Å². The van der Waals surface area contributed by atoms with Crippen LogP contribution in [0.5, 0.6) is 5.88 Å². The number of aromatic nitrogens is 1. The van der Waals surface area contributed by atoms with Gasteiger partial charge in [0.2, 0.25) is 5.88 Å². The van der Waals surface area contributed by atoms with Gasteiger partial charge in [0.1, 0.15) is 6.10 Å². The quantitative estimate of drug-likeness (QED) is 0.808. The van der Waals surface area contributed by atoms with Crippen LogP contribution >= 0.6 is 0 Å². The van der Waals surface area contributed by atoms with E-state index in [0.717, 1.165) is 24.3 Å². The maximum absolute atomic E-state index is 9.04. The first-order chi connectivity index (χ1) is 7.28. The summed E-state index contributed by atoms with van der Waals surface area (Å²) < 4.78 is 10.9. The molecule has 0 saturated carbocycles. The second-order valence-electron chi connectivity index (χ2n) is 3.72. The largest absolute Gasteiger partial charge is 0.472 e. The Hall–Kier alpha value is -1.13. The van der Waals surface area contributed by atoms with E-state index in [-0.39, 0.29) is 12.7 Å². The van der Waals surface area contributed by atoms with Gasteiger partial charge in [-0.2, -0.15) is 0 Å². The van der Waals surface area contributed by atoms with Crippen LogP contribution in [0.3, 0.4) is 0 Å². The summed E-state index contributed by atoms with van der Waals surface area (Å²) in [5, 5.41) is 9.04. The predicted octanol–water partition coefficient (Wildman–Crippen LogP) is 1.05. The van der Waals surface area contributed by atoms with Crippen LogP contribution in [-0.4, -0.2) is 29.4 Å². The highest BCUT2D eigenvalue weighted by Gasteiger charge is 2.17. The van der Waals surface area contributed by atoms with Crippen LogP contribution in [-0.2, 0) is 11.3 Å². The number of rotatable bonds is 3. The average molecular weight is 209 g/mol. The molecular weight excluding hydrogens is 194 g/mol. The zero-order valence-electron chi connectivity index (χ0n) is 8.77. The van der Waals surface area contributed by atoms with Gasteiger partial charge in [0.25, 0.3) is 0 Å². The van der Waals surface area contributed by atoms with Crippen LogP contribution in [0.2, 0.25) is 0 Å². The number of pyridine rings is 1. The molecule has 2 heterocycles. The number of hydrogen-bond acceptors (Lipinski definition) is 4. The first-order valence-electron chi connectivity index (χ1n) is 5.11. The SMILES string of the molecule is Cc1cc(CO)cc(OC2CCOC2)n1. The van der Waals surface area contributed by atoms with Gasteiger partial charge in [0.15, 0.2) is 0 Å². The van der Waals surface area contributed by atoms with Gasteiger partial charge >= 0.3 is 0 Å². The van der Waals surface area contributed by atoms with E-state index in [1.54, 1.807) is 6.07 Å². The molecule has 1 aromatic rings. The third-order valence-electron chi connectivity index (χ3n) is 2.35. The van der Waals surface area contributed by atoms with E-state index < -0.39 is 0 Å². The molecule has 0 bridgehead atoms. The van der Waals surface area contributed by atoms with Crippen LogP contribution < -0.4 is 4.74 Å². The molecule has 82 valence electrons. The minimum atomic E-state index is 0.0148. The lowest BCUT2D eigenvalue weighted by atomic mass is 10.2. The molecule has 0 radical (unpaired) electrons. The number of nitrogens with zero attached hydrogens (tertiary/aromatic N) is 1. The van der Waals surface area contributed by atoms with Crippen molar-refractivity contribution < 1.29 is 14.6 Å². The van der Waals surface area contributed by atoms with Crippen molar-refractivity contribution in [3.05, 3.63) is 23.4 Å². The van der Waals surface area contributed by atoms with Gasteiger partial charge in [0, 0.05) is 18.2 Å². The third-order valence-corrected chi connectivity index (χ3v) is 2.35. The topological polar surface area (TPSA) is 51.6 Å². The van der Waals surface area contributed by atoms with Gasteiger partial charge in [-0.25, -0.2) is 4.98 Å². The minimum absolute atomic E-state index is 0.0148. The molecule has 0 aliphatic carbocycles. The fourth-order valence-corrected chi connectivity index (χ4v) is 1.64. The number of aliphatic hydroxyl groups excluding tert-OH is 1. The summed E-state index contributed by atoms with van der Waals surface area (Å²) in [6.07, 6.45) is 1.01. The van der Waals surface area contributed by atoms with Crippen molar-refractivity contribution in [1.82, 2.24) is 4.98 Å². The lowest BCUT2D eigenvalue weighted by Gasteiger charge is -2.12. The van der Waals surface area contributed by atoms with Gasteiger partial charge in [-0.15, -0.1) is 0 Å². The van der Waals surface area contributed by atoms with Crippen LogP contribution in [0.4, 0.5) is 0 Å². The summed E-state index contributed by atoms with van der Waals surface area (Å²) in [4.78, 5) is 4.26. The molecule has 1 unspecified atom stereocenters. The molecule has 1 aliphatic heterocycles. The maximum atomic E-state index is 9.04. The third kappa shape index (κ3) is 2.67. The molecule has 0 spiro atoms. The number of ether oxygens (including phenoxy) is 2. The fourth-order valence-electron chi connectivity index (χ4n) is 1.64. The zero-order chi connectivity index (χ0) is 10.7. The summed E-state index contributed by atoms with van der Waals surface area (Å²) in [6, 6.07) is 3.61. The Morgan fingerprint density at radius 3 is 3.13 bits per heavy atom. The van der Waals surface area contributed by atoms with Crippen LogP contribution in [0.25, 0.3) is 0 Å². The highest BCUT2D eigenvalue weighted by Crippen LogP contribution is 2.17. The first-order valence-corrected chi connectivity index (χ1v) is 5.11. The van der Waals surface area contributed by atoms with E-state index in [1.807, 2.05) is 13.0 Å². The second-order valence-corrected chi connectivity index (χ2v) is 3.72. The molecule has 1 saturated heterocycles. The zero-order valence-corrected chi connectivity index (χ0v) is 8.77. The van der Waals surface area contributed by atoms with Crippen molar-refractivity contribution >= 4 is 0 Å². The Morgan fingerprint density at radius 2 is 2.47 bits per heavy atom. The average Bonchev–Trinajstić information content (AvgIpc) is 2.69. The van der Waals surface area contributed by atoms with E-state index in [0.29, 0.717) is 12.5 Å². The monoisotopic (exact) mass is 209 g/mol. The molecule has 2 rings (SSSR count). The Balaban J connectivity index is 2.09. The lowest BCUT2D eigenvalue weighted by molar-refractivity contribution is 0.137. The first kappa shape index (κ1) is 10.4. The van der Waals surface area contributed by atoms with E-state index in [9.17, 15) is 0 Å². The highest BCUT2D eigenvalue weighted by atomic mass is 16.5. The summed E-state index contributed by atoms with van der Waals surface area (Å²) >= 11 is 0. The van der Waals surface area contributed by atoms with E-state index in [4.69, 9.17) is 14.6 Å². The molecule has 15 heavy (non-hydrogen) atoms. The van der Waals surface area contributed by atoms with Crippen LogP contribution in [0.15, 0.2) is 12.1 Å². The van der Waals surface area contributed by atoms with Crippen molar-refractivity contribution in [2.45, 2.75) is 26.1 Å². The maximum Gasteiger partial charge on any atom is 0.214 e. The molecule has 0 aromatic carbocycles. The summed E-state index contributed by atoms with van der Waals surface area (Å²) in [7, 11) is 0. The molecule has 1 atom stereocenters. The van der Waals surface area contributed by atoms with Gasteiger partial charge in [-0.1, -0.05) is 0 Å². The smallest absolute Gasteiger partial charge is 0.214 e. The number of aryl methyl sites for hydroxylation is 1. The van der Waals surface area contributed by atoms with Crippen molar-refractivity contribution in [3.63, 3.8) is 0 Å².